The van der Waals surface area contributed by atoms with E-state index in [4.69, 9.17) is 4.99 Å². The molecule has 2 aliphatic rings. The molecule has 3 nitrogen and oxygen atoms in total. The largest absolute Gasteiger partial charge is 0.478 e. The van der Waals surface area contributed by atoms with Crippen LogP contribution in [-0.2, 0) is 0 Å². The van der Waals surface area contributed by atoms with Gasteiger partial charge in [0.1, 0.15) is 5.82 Å². The van der Waals surface area contributed by atoms with Crippen molar-refractivity contribution in [1.29, 1.82) is 0 Å². The van der Waals surface area contributed by atoms with Crippen LogP contribution in [0.4, 0.5) is 10.1 Å². The fourth-order valence-corrected chi connectivity index (χ4v) is 4.60. The Morgan fingerprint density at radius 2 is 1.84 bits per heavy atom. The van der Waals surface area contributed by atoms with E-state index in [1.165, 1.54) is 24.2 Å². The molecule has 128 valence electrons. The monoisotopic (exact) mass is 355 g/mol. The second kappa shape index (κ2) is 6.64. The second-order valence-corrected chi connectivity index (χ2v) is 7.65. The van der Waals surface area contributed by atoms with Gasteiger partial charge in [-0.3, -0.25) is 4.99 Å². The number of carboxylic acids is 1. The summed E-state index contributed by atoms with van der Waals surface area (Å²) in [5, 5.41) is 9.28. The topological polar surface area (TPSA) is 49.7 Å². The fraction of sp³-hybridized carbons (Fsp3) is 0.300. The molecular formula is C20H18FNO2S. The minimum atomic E-state index is -0.963. The highest BCUT2D eigenvalue weighted by Gasteiger charge is 2.26. The lowest BCUT2D eigenvalue weighted by Gasteiger charge is -2.24. The Morgan fingerprint density at radius 3 is 2.60 bits per heavy atom. The Kier molecular flexibility index (Phi) is 4.34. The van der Waals surface area contributed by atoms with E-state index in [9.17, 15) is 14.3 Å². The predicted octanol–water partition coefficient (Wildman–Crippen LogP) is 5.69. The molecule has 1 heterocycles. The van der Waals surface area contributed by atoms with Gasteiger partial charge in [0.2, 0.25) is 0 Å². The SMILES string of the molecule is O=C(O)c1ccc2c(c1)N=C(C1CCCCC1)c1cc(F)ccc1S2. The fourth-order valence-electron chi connectivity index (χ4n) is 3.61. The normalized spacial score (nSPS) is 17.2. The van der Waals surface area contributed by atoms with E-state index in [0.29, 0.717) is 11.6 Å². The number of carbonyl (C=O) groups is 1. The Morgan fingerprint density at radius 1 is 1.08 bits per heavy atom. The molecule has 0 aromatic heterocycles. The average Bonchev–Trinajstić information content (AvgIpc) is 2.78. The van der Waals surface area contributed by atoms with Crippen molar-refractivity contribution in [2.45, 2.75) is 41.9 Å². The average molecular weight is 355 g/mol. The molecule has 4 rings (SSSR count). The van der Waals surface area contributed by atoms with Crippen LogP contribution in [0, 0.1) is 11.7 Å². The molecule has 2 aromatic carbocycles. The van der Waals surface area contributed by atoms with Crippen LogP contribution < -0.4 is 0 Å². The van der Waals surface area contributed by atoms with Crippen LogP contribution in [0.5, 0.6) is 0 Å². The molecule has 2 aromatic rings. The molecular weight excluding hydrogens is 337 g/mol. The van der Waals surface area contributed by atoms with Crippen molar-refractivity contribution in [3.63, 3.8) is 0 Å². The molecule has 0 unspecified atom stereocenters. The summed E-state index contributed by atoms with van der Waals surface area (Å²) >= 11 is 1.53. The van der Waals surface area contributed by atoms with Crippen molar-refractivity contribution < 1.29 is 14.3 Å². The Bertz CT molecular complexity index is 872. The number of carboxylic acid groups (broad SMARTS) is 1. The molecule has 1 aliphatic heterocycles. The lowest BCUT2D eigenvalue weighted by molar-refractivity contribution is 0.0697. The first-order valence-corrected chi connectivity index (χ1v) is 9.37. The van der Waals surface area contributed by atoms with Crippen molar-refractivity contribution >= 4 is 29.1 Å². The highest BCUT2D eigenvalue weighted by Crippen LogP contribution is 2.43. The van der Waals surface area contributed by atoms with Crippen LogP contribution in [0.1, 0.15) is 48.0 Å². The Hall–Kier alpha value is -2.14. The summed E-state index contributed by atoms with van der Waals surface area (Å²) in [6.45, 7) is 0. The number of nitrogens with zero attached hydrogens (tertiary/aromatic N) is 1. The van der Waals surface area contributed by atoms with Crippen LogP contribution in [0.25, 0.3) is 0 Å². The van der Waals surface area contributed by atoms with Crippen LogP contribution in [0.3, 0.4) is 0 Å². The van der Waals surface area contributed by atoms with Crippen molar-refractivity contribution in [3.05, 3.63) is 53.3 Å². The van der Waals surface area contributed by atoms with Gasteiger partial charge in [-0.15, -0.1) is 0 Å². The number of aliphatic imine (C=N–C) groups is 1. The van der Waals surface area contributed by atoms with E-state index >= 15 is 0 Å². The van der Waals surface area contributed by atoms with E-state index in [-0.39, 0.29) is 11.4 Å². The maximum absolute atomic E-state index is 13.9. The van der Waals surface area contributed by atoms with Gasteiger partial charge in [-0.05, 0) is 49.2 Å². The number of halogens is 1. The lowest BCUT2D eigenvalue weighted by atomic mass is 9.83. The van der Waals surface area contributed by atoms with Gasteiger partial charge < -0.3 is 5.11 Å². The molecule has 0 saturated heterocycles. The summed E-state index contributed by atoms with van der Waals surface area (Å²) in [5.41, 5.74) is 2.65. The maximum atomic E-state index is 13.9. The highest BCUT2D eigenvalue weighted by molar-refractivity contribution is 7.99. The Balaban J connectivity index is 1.89. The summed E-state index contributed by atoms with van der Waals surface area (Å²) in [5.74, 6) is -0.926. The van der Waals surface area contributed by atoms with Crippen LogP contribution in [0.2, 0.25) is 0 Å². The zero-order chi connectivity index (χ0) is 17.4. The number of benzene rings is 2. The first-order valence-electron chi connectivity index (χ1n) is 8.55. The molecule has 5 heteroatoms. The van der Waals surface area contributed by atoms with Crippen molar-refractivity contribution in [2.24, 2.45) is 10.9 Å². The summed E-state index contributed by atoms with van der Waals surface area (Å²) in [6.07, 6.45) is 5.64. The quantitative estimate of drug-likeness (QED) is 0.753. The first kappa shape index (κ1) is 16.3. The lowest BCUT2D eigenvalue weighted by Crippen LogP contribution is -2.19. The van der Waals surface area contributed by atoms with Crippen molar-refractivity contribution in [3.8, 4) is 0 Å². The second-order valence-electron chi connectivity index (χ2n) is 6.56. The molecule has 0 atom stereocenters. The molecule has 0 spiro atoms. The number of fused-ring (bicyclic) bond motifs is 2. The van der Waals surface area contributed by atoms with Gasteiger partial charge in [0.25, 0.3) is 0 Å². The minimum Gasteiger partial charge on any atom is -0.478 e. The Labute approximate surface area is 150 Å². The molecule has 1 saturated carbocycles. The van der Waals surface area contributed by atoms with E-state index in [2.05, 4.69) is 0 Å². The van der Waals surface area contributed by atoms with Crippen LogP contribution >= 0.6 is 11.8 Å². The highest BCUT2D eigenvalue weighted by atomic mass is 32.2. The molecule has 1 fully saturated rings. The first-order chi connectivity index (χ1) is 12.1. The number of hydrogen-bond acceptors (Lipinski definition) is 3. The predicted molar refractivity (Wildman–Crippen MR) is 96.7 cm³/mol. The number of hydrogen-bond donors (Lipinski definition) is 1. The standard InChI is InChI=1S/C20H18FNO2S/c21-14-7-9-17-15(11-14)19(12-4-2-1-3-5-12)22-16-10-13(20(23)24)6-8-18(16)25-17/h6-12H,1-5H2,(H,23,24). The summed E-state index contributed by atoms with van der Waals surface area (Å²) in [6, 6.07) is 9.85. The molecule has 0 radical (unpaired) electrons. The molecule has 1 aliphatic carbocycles. The van der Waals surface area contributed by atoms with Gasteiger partial charge in [0, 0.05) is 21.3 Å². The molecule has 0 bridgehead atoms. The van der Waals surface area contributed by atoms with Gasteiger partial charge in [-0.25, -0.2) is 9.18 Å². The number of rotatable bonds is 2. The zero-order valence-corrected chi connectivity index (χ0v) is 14.5. The van der Waals surface area contributed by atoms with Gasteiger partial charge in [0.15, 0.2) is 0 Å². The zero-order valence-electron chi connectivity index (χ0n) is 13.7. The van der Waals surface area contributed by atoms with E-state index in [1.807, 2.05) is 0 Å². The van der Waals surface area contributed by atoms with E-state index in [1.54, 1.807) is 30.3 Å². The third-order valence-electron chi connectivity index (χ3n) is 4.88. The molecule has 1 N–H and O–H groups in total. The maximum Gasteiger partial charge on any atom is 0.335 e. The minimum absolute atomic E-state index is 0.225. The smallest absolute Gasteiger partial charge is 0.335 e. The number of aromatic carboxylic acids is 1. The van der Waals surface area contributed by atoms with Gasteiger partial charge >= 0.3 is 5.97 Å². The van der Waals surface area contributed by atoms with E-state index in [0.717, 1.165) is 46.7 Å². The molecule has 0 amide bonds. The van der Waals surface area contributed by atoms with Crippen molar-refractivity contribution in [2.75, 3.05) is 0 Å². The van der Waals surface area contributed by atoms with Crippen LogP contribution in [0.15, 0.2) is 51.2 Å². The van der Waals surface area contributed by atoms with Crippen molar-refractivity contribution in [1.82, 2.24) is 0 Å². The summed E-state index contributed by atoms with van der Waals surface area (Å²) < 4.78 is 13.9. The molecule has 25 heavy (non-hydrogen) atoms. The van der Waals surface area contributed by atoms with Crippen LogP contribution in [-0.4, -0.2) is 16.8 Å². The summed E-state index contributed by atoms with van der Waals surface area (Å²) in [4.78, 5) is 18.1. The van der Waals surface area contributed by atoms with E-state index < -0.39 is 5.97 Å². The van der Waals surface area contributed by atoms with Gasteiger partial charge in [-0.1, -0.05) is 31.0 Å². The van der Waals surface area contributed by atoms with Gasteiger partial charge in [0.05, 0.1) is 17.0 Å². The van der Waals surface area contributed by atoms with Gasteiger partial charge in [-0.2, -0.15) is 0 Å². The summed E-state index contributed by atoms with van der Waals surface area (Å²) in [7, 11) is 0. The third-order valence-corrected chi connectivity index (χ3v) is 6.02. The third kappa shape index (κ3) is 3.21.